The van der Waals surface area contributed by atoms with Crippen molar-refractivity contribution >= 4 is 0 Å². The molecule has 2 rings (SSSR count). The van der Waals surface area contributed by atoms with Gasteiger partial charge in [-0.15, -0.1) is 0 Å². The lowest BCUT2D eigenvalue weighted by atomic mass is 10.0. The van der Waals surface area contributed by atoms with E-state index in [4.69, 9.17) is 5.73 Å². The summed E-state index contributed by atoms with van der Waals surface area (Å²) < 4.78 is 0. The van der Waals surface area contributed by atoms with Gasteiger partial charge in [0.05, 0.1) is 0 Å². The van der Waals surface area contributed by atoms with Crippen molar-refractivity contribution < 1.29 is 0 Å². The maximum Gasteiger partial charge on any atom is 0.186 e. The Labute approximate surface area is 83.3 Å². The maximum absolute atomic E-state index is 11.7. The number of pyridine rings is 1. The molecule has 3 nitrogen and oxygen atoms in total. The van der Waals surface area contributed by atoms with Gasteiger partial charge in [-0.2, -0.15) is 0 Å². The Kier molecular flexibility index (Phi) is 2.19. The molecule has 1 aromatic heterocycles. The highest BCUT2D eigenvalue weighted by Gasteiger charge is 2.31. The predicted molar refractivity (Wildman–Crippen MR) is 56.2 cm³/mol. The maximum atomic E-state index is 11.7. The summed E-state index contributed by atoms with van der Waals surface area (Å²) in [6.45, 7) is 3.81. The van der Waals surface area contributed by atoms with E-state index in [1.165, 1.54) is 0 Å². The van der Waals surface area contributed by atoms with Crippen molar-refractivity contribution in [2.45, 2.75) is 32.7 Å². The van der Waals surface area contributed by atoms with E-state index < -0.39 is 0 Å². The van der Waals surface area contributed by atoms with Crippen LogP contribution in [-0.4, -0.2) is 4.98 Å². The molecule has 0 bridgehead atoms. The highest BCUT2D eigenvalue weighted by atomic mass is 16.1. The van der Waals surface area contributed by atoms with Crippen LogP contribution in [-0.2, 0) is 0 Å². The zero-order valence-electron chi connectivity index (χ0n) is 8.63. The molecule has 1 aliphatic rings. The number of nitrogens with one attached hydrogen (secondary N) is 1. The first-order valence-electron chi connectivity index (χ1n) is 5.05. The van der Waals surface area contributed by atoms with Crippen LogP contribution in [0.5, 0.6) is 0 Å². The summed E-state index contributed by atoms with van der Waals surface area (Å²) in [5.41, 5.74) is 8.72. The van der Waals surface area contributed by atoms with E-state index >= 15 is 0 Å². The van der Waals surface area contributed by atoms with Gasteiger partial charge < -0.3 is 10.7 Å². The second-order valence-corrected chi connectivity index (χ2v) is 4.22. The molecule has 1 aromatic rings. The van der Waals surface area contributed by atoms with Gasteiger partial charge in [0.1, 0.15) is 0 Å². The molecule has 0 spiro atoms. The average Bonchev–Trinajstić information content (AvgIpc) is 2.83. The average molecular weight is 192 g/mol. The minimum absolute atomic E-state index is 0.0700. The summed E-state index contributed by atoms with van der Waals surface area (Å²) in [4.78, 5) is 14.9. The number of rotatable bonds is 2. The van der Waals surface area contributed by atoms with Gasteiger partial charge in [-0.3, -0.25) is 4.79 Å². The number of H-pyrrole nitrogens is 1. The van der Waals surface area contributed by atoms with E-state index in [1.807, 2.05) is 13.8 Å². The summed E-state index contributed by atoms with van der Waals surface area (Å²) in [7, 11) is 0. The topological polar surface area (TPSA) is 58.9 Å². The molecule has 1 heterocycles. The van der Waals surface area contributed by atoms with Crippen LogP contribution in [0.15, 0.2) is 10.9 Å². The van der Waals surface area contributed by atoms with Crippen LogP contribution in [0.3, 0.4) is 0 Å². The van der Waals surface area contributed by atoms with Crippen LogP contribution in [0.1, 0.15) is 35.8 Å². The normalized spacial score (nSPS) is 18.2. The molecular formula is C11H16N2O. The van der Waals surface area contributed by atoms with E-state index in [1.54, 1.807) is 6.07 Å². The van der Waals surface area contributed by atoms with Crippen molar-refractivity contribution in [1.82, 2.24) is 4.98 Å². The second kappa shape index (κ2) is 3.24. The molecule has 0 aliphatic heterocycles. The number of aryl methyl sites for hydroxylation is 2. The first-order chi connectivity index (χ1) is 6.59. The molecule has 3 heteroatoms. The van der Waals surface area contributed by atoms with Crippen LogP contribution < -0.4 is 11.2 Å². The minimum atomic E-state index is -0.0700. The Morgan fingerprint density at radius 3 is 2.64 bits per heavy atom. The van der Waals surface area contributed by atoms with Gasteiger partial charge in [-0.1, -0.05) is 0 Å². The van der Waals surface area contributed by atoms with Gasteiger partial charge in [0.2, 0.25) is 0 Å². The van der Waals surface area contributed by atoms with Gasteiger partial charge in [0.25, 0.3) is 0 Å². The predicted octanol–water partition coefficient (Wildman–Crippen LogP) is 1.40. The minimum Gasteiger partial charge on any atom is -0.362 e. The van der Waals surface area contributed by atoms with Crippen molar-refractivity contribution in [1.29, 1.82) is 0 Å². The number of hydrogen-bond donors (Lipinski definition) is 2. The summed E-state index contributed by atoms with van der Waals surface area (Å²) in [5, 5.41) is 0. The first-order valence-corrected chi connectivity index (χ1v) is 5.05. The van der Waals surface area contributed by atoms with Gasteiger partial charge >= 0.3 is 0 Å². The van der Waals surface area contributed by atoms with E-state index in [0.717, 1.165) is 29.8 Å². The summed E-state index contributed by atoms with van der Waals surface area (Å²) in [6.07, 6.45) is 2.32. The smallest absolute Gasteiger partial charge is 0.186 e. The third-order valence-corrected chi connectivity index (χ3v) is 2.86. The second-order valence-electron chi connectivity index (χ2n) is 4.22. The molecule has 0 unspecified atom stereocenters. The summed E-state index contributed by atoms with van der Waals surface area (Å²) in [6, 6.07) is 1.56. The van der Waals surface area contributed by atoms with E-state index in [-0.39, 0.29) is 11.5 Å². The molecule has 0 saturated heterocycles. The molecule has 0 amide bonds. The van der Waals surface area contributed by atoms with Crippen molar-refractivity contribution in [3.63, 3.8) is 0 Å². The number of hydrogen-bond acceptors (Lipinski definition) is 2. The van der Waals surface area contributed by atoms with Crippen molar-refractivity contribution in [2.75, 3.05) is 0 Å². The molecule has 1 saturated carbocycles. The number of aromatic amines is 1. The molecule has 3 N–H and O–H groups in total. The zero-order valence-corrected chi connectivity index (χ0v) is 8.63. The van der Waals surface area contributed by atoms with E-state index in [0.29, 0.717) is 5.92 Å². The van der Waals surface area contributed by atoms with E-state index in [2.05, 4.69) is 4.98 Å². The molecule has 1 fully saturated rings. The fourth-order valence-corrected chi connectivity index (χ4v) is 1.96. The fraction of sp³-hybridized carbons (Fsp3) is 0.545. The van der Waals surface area contributed by atoms with Crippen molar-refractivity contribution in [3.05, 3.63) is 33.2 Å². The molecule has 1 aliphatic carbocycles. The van der Waals surface area contributed by atoms with Gasteiger partial charge in [0, 0.05) is 29.1 Å². The Bertz CT molecular complexity index is 404. The largest absolute Gasteiger partial charge is 0.362 e. The lowest BCUT2D eigenvalue weighted by Crippen LogP contribution is -2.23. The molecular weight excluding hydrogens is 176 g/mol. The Balaban J connectivity index is 2.45. The van der Waals surface area contributed by atoms with Crippen LogP contribution in [0.2, 0.25) is 0 Å². The Morgan fingerprint density at radius 2 is 2.14 bits per heavy atom. The molecule has 1 atom stereocenters. The van der Waals surface area contributed by atoms with Crippen LogP contribution >= 0.6 is 0 Å². The van der Waals surface area contributed by atoms with Crippen molar-refractivity contribution in [2.24, 2.45) is 11.7 Å². The van der Waals surface area contributed by atoms with Gasteiger partial charge in [-0.05, 0) is 32.6 Å². The van der Waals surface area contributed by atoms with E-state index in [9.17, 15) is 4.79 Å². The summed E-state index contributed by atoms with van der Waals surface area (Å²) >= 11 is 0. The first kappa shape index (κ1) is 9.46. The number of aromatic nitrogens is 1. The fourth-order valence-electron chi connectivity index (χ4n) is 1.96. The lowest BCUT2D eigenvalue weighted by Gasteiger charge is -2.13. The molecule has 0 aromatic carbocycles. The molecule has 0 radical (unpaired) electrons. The lowest BCUT2D eigenvalue weighted by molar-refractivity contribution is 0.621. The molecule has 14 heavy (non-hydrogen) atoms. The van der Waals surface area contributed by atoms with Gasteiger partial charge in [-0.25, -0.2) is 0 Å². The zero-order chi connectivity index (χ0) is 10.3. The SMILES string of the molecule is Cc1cc(=O)c([C@H](N)C2CC2)c(C)[nH]1. The highest BCUT2D eigenvalue weighted by Crippen LogP contribution is 2.38. The quantitative estimate of drug-likeness (QED) is 0.744. The third-order valence-electron chi connectivity index (χ3n) is 2.86. The molecule has 76 valence electrons. The van der Waals surface area contributed by atoms with Crippen LogP contribution in [0.4, 0.5) is 0 Å². The standard InChI is InChI=1S/C11H16N2O/c1-6-5-9(14)10(7(2)13-6)11(12)8-3-4-8/h5,8,11H,3-4,12H2,1-2H3,(H,13,14)/t11-/m1/s1. The van der Waals surface area contributed by atoms with Crippen LogP contribution in [0, 0.1) is 19.8 Å². The third kappa shape index (κ3) is 1.60. The Hall–Kier alpha value is -1.09. The van der Waals surface area contributed by atoms with Crippen molar-refractivity contribution in [3.8, 4) is 0 Å². The Morgan fingerprint density at radius 1 is 1.50 bits per heavy atom. The van der Waals surface area contributed by atoms with Crippen LogP contribution in [0.25, 0.3) is 0 Å². The summed E-state index contributed by atoms with van der Waals surface area (Å²) in [5.74, 6) is 0.525. The van der Waals surface area contributed by atoms with Gasteiger partial charge in [0.15, 0.2) is 5.43 Å². The highest BCUT2D eigenvalue weighted by molar-refractivity contribution is 5.26. The number of nitrogens with two attached hydrogens (primary N) is 1. The monoisotopic (exact) mass is 192 g/mol.